The van der Waals surface area contributed by atoms with Gasteiger partial charge in [-0.2, -0.15) is 5.26 Å². The van der Waals surface area contributed by atoms with E-state index in [1.54, 1.807) is 23.1 Å². The Morgan fingerprint density at radius 3 is 2.50 bits per heavy atom. The van der Waals surface area contributed by atoms with Gasteiger partial charge in [-0.3, -0.25) is 9.59 Å². The molecule has 124 valence electrons. The maximum Gasteiger partial charge on any atom is 0.227 e. The van der Waals surface area contributed by atoms with Crippen LogP contribution in [0.1, 0.15) is 25.8 Å². The van der Waals surface area contributed by atoms with Crippen LogP contribution in [0.3, 0.4) is 0 Å². The summed E-state index contributed by atoms with van der Waals surface area (Å²) in [6.07, 6.45) is 2.63. The fourth-order valence-electron chi connectivity index (χ4n) is 3.81. The predicted octanol–water partition coefficient (Wildman–Crippen LogP) is 2.65. The average Bonchev–Trinajstić information content (AvgIpc) is 2.49. The van der Waals surface area contributed by atoms with Gasteiger partial charge in [0.1, 0.15) is 11.9 Å². The van der Waals surface area contributed by atoms with Gasteiger partial charge >= 0.3 is 0 Å². The van der Waals surface area contributed by atoms with Gasteiger partial charge in [-0.25, -0.2) is 4.39 Å². The molecule has 1 aromatic rings. The highest BCUT2D eigenvalue weighted by Crippen LogP contribution is 2.48. The Balaban J connectivity index is 1.69. The molecule has 1 aliphatic heterocycles. The summed E-state index contributed by atoms with van der Waals surface area (Å²) in [5.74, 6) is -0.460. The van der Waals surface area contributed by atoms with Crippen LogP contribution in [-0.2, 0) is 16.0 Å². The zero-order valence-corrected chi connectivity index (χ0v) is 13.8. The van der Waals surface area contributed by atoms with Crippen molar-refractivity contribution in [2.75, 3.05) is 13.1 Å². The number of halogens is 1. The number of carbonyl (C=O) groups is 2. The first-order valence-corrected chi connectivity index (χ1v) is 7.95. The maximum atomic E-state index is 12.9. The highest BCUT2D eigenvalue weighted by Gasteiger charge is 2.52. The van der Waals surface area contributed by atoms with Crippen molar-refractivity contribution in [1.29, 1.82) is 5.26 Å². The number of hydrogen-bond acceptors (Lipinski definition) is 3. The van der Waals surface area contributed by atoms with Gasteiger partial charge in [-0.15, -0.1) is 0 Å². The third-order valence-electron chi connectivity index (χ3n) is 4.86. The van der Waals surface area contributed by atoms with Crippen molar-refractivity contribution in [3.05, 3.63) is 47.3 Å². The summed E-state index contributed by atoms with van der Waals surface area (Å²) in [5, 5.41) is 9.19. The molecule has 1 aliphatic carbocycles. The molecular formula is C19H19FN2O2. The Morgan fingerprint density at radius 1 is 1.29 bits per heavy atom. The Labute approximate surface area is 140 Å². The maximum absolute atomic E-state index is 12.9. The van der Waals surface area contributed by atoms with Crippen LogP contribution in [0.5, 0.6) is 0 Å². The Morgan fingerprint density at radius 2 is 1.92 bits per heavy atom. The Bertz CT molecular complexity index is 766. The number of ketones is 1. The van der Waals surface area contributed by atoms with Crippen LogP contribution < -0.4 is 0 Å². The first-order chi connectivity index (χ1) is 11.2. The fraction of sp³-hybridized carbons (Fsp3) is 0.421. The molecule has 24 heavy (non-hydrogen) atoms. The lowest BCUT2D eigenvalue weighted by atomic mass is 9.61. The third kappa shape index (κ3) is 2.84. The number of rotatable bonds is 2. The number of allylic oxidation sites excluding steroid dienone is 1. The summed E-state index contributed by atoms with van der Waals surface area (Å²) in [4.78, 5) is 26.3. The predicted molar refractivity (Wildman–Crippen MR) is 86.2 cm³/mol. The molecule has 0 radical (unpaired) electrons. The molecule has 0 saturated carbocycles. The summed E-state index contributed by atoms with van der Waals surface area (Å²) < 4.78 is 12.9. The molecule has 0 bridgehead atoms. The first kappa shape index (κ1) is 16.4. The van der Waals surface area contributed by atoms with E-state index in [1.807, 2.05) is 19.9 Å². The van der Waals surface area contributed by atoms with E-state index in [0.717, 1.165) is 5.56 Å². The smallest absolute Gasteiger partial charge is 0.227 e. The van der Waals surface area contributed by atoms with Crippen LogP contribution in [0.25, 0.3) is 0 Å². The van der Waals surface area contributed by atoms with E-state index >= 15 is 0 Å². The van der Waals surface area contributed by atoms with Gasteiger partial charge in [0.05, 0.1) is 12.0 Å². The van der Waals surface area contributed by atoms with E-state index in [4.69, 9.17) is 0 Å². The van der Waals surface area contributed by atoms with E-state index in [-0.39, 0.29) is 34.9 Å². The van der Waals surface area contributed by atoms with Crippen molar-refractivity contribution in [2.24, 2.45) is 10.8 Å². The van der Waals surface area contributed by atoms with Gasteiger partial charge in [0.15, 0.2) is 5.78 Å². The van der Waals surface area contributed by atoms with Gasteiger partial charge in [0, 0.05) is 23.9 Å². The van der Waals surface area contributed by atoms with Crippen molar-refractivity contribution in [3.63, 3.8) is 0 Å². The molecule has 3 rings (SSSR count). The van der Waals surface area contributed by atoms with E-state index < -0.39 is 5.41 Å². The van der Waals surface area contributed by atoms with Crippen LogP contribution in [0, 0.1) is 28.0 Å². The second-order valence-electron chi connectivity index (χ2n) is 7.48. The van der Waals surface area contributed by atoms with Gasteiger partial charge < -0.3 is 4.90 Å². The van der Waals surface area contributed by atoms with Crippen molar-refractivity contribution in [1.82, 2.24) is 4.90 Å². The molecule has 0 aromatic heterocycles. The van der Waals surface area contributed by atoms with E-state index in [2.05, 4.69) is 0 Å². The molecule has 1 saturated heterocycles. The summed E-state index contributed by atoms with van der Waals surface area (Å²) >= 11 is 0. The van der Waals surface area contributed by atoms with Gasteiger partial charge in [0.25, 0.3) is 0 Å². The minimum absolute atomic E-state index is 0.0196. The highest BCUT2D eigenvalue weighted by atomic mass is 19.1. The van der Waals surface area contributed by atoms with E-state index in [0.29, 0.717) is 19.5 Å². The van der Waals surface area contributed by atoms with Crippen LogP contribution >= 0.6 is 0 Å². The quantitative estimate of drug-likeness (QED) is 0.839. The number of Topliss-reactive ketones (excluding diaryl/α,β-unsaturated/α-hetero) is 1. The Kier molecular flexibility index (Phi) is 3.79. The molecule has 1 heterocycles. The SMILES string of the molecule is CC1(C)CC2(C=C(C#N)C1=O)CN(C(=O)Cc1ccc(F)cc1)C2. The third-order valence-corrected chi connectivity index (χ3v) is 4.86. The molecule has 5 heteroatoms. The van der Waals surface area contributed by atoms with Crippen LogP contribution in [0.2, 0.25) is 0 Å². The molecule has 1 spiro atoms. The lowest BCUT2D eigenvalue weighted by molar-refractivity contribution is -0.143. The van der Waals surface area contributed by atoms with Gasteiger partial charge in [0.2, 0.25) is 5.91 Å². The number of amides is 1. The number of benzene rings is 1. The lowest BCUT2D eigenvalue weighted by Gasteiger charge is -2.53. The molecular weight excluding hydrogens is 307 g/mol. The van der Waals surface area contributed by atoms with Gasteiger partial charge in [-0.05, 0) is 24.1 Å². The van der Waals surface area contributed by atoms with Crippen LogP contribution in [0.4, 0.5) is 4.39 Å². The summed E-state index contributed by atoms with van der Waals surface area (Å²) in [7, 11) is 0. The van der Waals surface area contributed by atoms with E-state index in [1.165, 1.54) is 12.1 Å². The van der Waals surface area contributed by atoms with E-state index in [9.17, 15) is 19.2 Å². The zero-order chi connectivity index (χ0) is 17.5. The average molecular weight is 326 g/mol. The zero-order valence-electron chi connectivity index (χ0n) is 13.8. The van der Waals surface area contributed by atoms with Gasteiger partial charge in [-0.1, -0.05) is 32.1 Å². The van der Waals surface area contributed by atoms with Crippen molar-refractivity contribution >= 4 is 11.7 Å². The first-order valence-electron chi connectivity index (χ1n) is 7.95. The molecule has 2 aliphatic rings. The minimum atomic E-state index is -0.577. The molecule has 1 fully saturated rings. The monoisotopic (exact) mass is 326 g/mol. The standard InChI is InChI=1S/C19H19FN2O2/c1-18(2)10-19(8-14(9-21)17(18)24)11-22(12-19)16(23)7-13-3-5-15(20)6-4-13/h3-6,8H,7,10-12H2,1-2H3. The number of likely N-dealkylation sites (tertiary alicyclic amines) is 1. The second-order valence-corrected chi connectivity index (χ2v) is 7.48. The lowest BCUT2D eigenvalue weighted by Crippen LogP contribution is -2.61. The normalized spacial score (nSPS) is 21.0. The molecule has 0 unspecified atom stereocenters. The Hall–Kier alpha value is -2.48. The van der Waals surface area contributed by atoms with Crippen molar-refractivity contribution in [3.8, 4) is 6.07 Å². The number of carbonyl (C=O) groups excluding carboxylic acids is 2. The molecule has 0 atom stereocenters. The molecule has 0 N–H and O–H groups in total. The number of nitrogens with zero attached hydrogens (tertiary/aromatic N) is 2. The second kappa shape index (κ2) is 5.55. The minimum Gasteiger partial charge on any atom is -0.341 e. The van der Waals surface area contributed by atoms with Crippen LogP contribution in [-0.4, -0.2) is 29.7 Å². The summed E-state index contributed by atoms with van der Waals surface area (Å²) in [5.41, 5.74) is 0.124. The molecule has 1 amide bonds. The van der Waals surface area contributed by atoms with Crippen molar-refractivity contribution < 1.29 is 14.0 Å². The molecule has 4 nitrogen and oxygen atoms in total. The number of nitriles is 1. The molecule has 1 aromatic carbocycles. The number of hydrogen-bond donors (Lipinski definition) is 0. The van der Waals surface area contributed by atoms with Crippen molar-refractivity contribution in [2.45, 2.75) is 26.7 Å². The fourth-order valence-corrected chi connectivity index (χ4v) is 3.81. The largest absolute Gasteiger partial charge is 0.341 e. The topological polar surface area (TPSA) is 61.2 Å². The van der Waals surface area contributed by atoms with Crippen LogP contribution in [0.15, 0.2) is 35.9 Å². The summed E-state index contributed by atoms with van der Waals surface area (Å²) in [6, 6.07) is 7.90. The highest BCUT2D eigenvalue weighted by molar-refractivity contribution is 6.03. The summed E-state index contributed by atoms with van der Waals surface area (Å²) in [6.45, 7) is 4.75.